The molecule has 0 saturated heterocycles. The van der Waals surface area contributed by atoms with Crippen LogP contribution in [-0.4, -0.2) is 38.7 Å². The Balaban J connectivity index is 1.54. The van der Waals surface area contributed by atoms with E-state index in [2.05, 4.69) is 20.5 Å². The molecular formula is C18H21N5O3. The lowest BCUT2D eigenvalue weighted by Crippen LogP contribution is -2.29. The van der Waals surface area contributed by atoms with Crippen LogP contribution in [0.25, 0.3) is 5.78 Å². The highest BCUT2D eigenvalue weighted by molar-refractivity contribution is 5.77. The van der Waals surface area contributed by atoms with Crippen molar-refractivity contribution in [2.75, 3.05) is 13.2 Å². The van der Waals surface area contributed by atoms with E-state index >= 15 is 0 Å². The molecule has 0 aliphatic carbocycles. The van der Waals surface area contributed by atoms with Gasteiger partial charge in [0.15, 0.2) is 12.4 Å². The fourth-order valence-electron chi connectivity index (χ4n) is 2.59. The minimum Gasteiger partial charge on any atom is -0.494 e. The molecule has 1 N–H and O–H groups in total. The van der Waals surface area contributed by atoms with E-state index in [4.69, 9.17) is 9.47 Å². The lowest BCUT2D eigenvalue weighted by Gasteiger charge is -2.09. The van der Waals surface area contributed by atoms with Crippen molar-refractivity contribution >= 4 is 11.7 Å². The zero-order valence-corrected chi connectivity index (χ0v) is 15.0. The minimum atomic E-state index is -0.242. The highest BCUT2D eigenvalue weighted by Crippen LogP contribution is 2.17. The molecule has 8 nitrogen and oxygen atoms in total. The van der Waals surface area contributed by atoms with Gasteiger partial charge in [-0.15, -0.1) is 10.2 Å². The van der Waals surface area contributed by atoms with E-state index in [-0.39, 0.29) is 19.1 Å². The number of rotatable bonds is 7. The predicted octanol–water partition coefficient (Wildman–Crippen LogP) is 1.84. The summed E-state index contributed by atoms with van der Waals surface area (Å²) >= 11 is 0. The molecule has 0 atom stereocenters. The summed E-state index contributed by atoms with van der Waals surface area (Å²) in [5.41, 5.74) is 1.84. The number of nitrogens with one attached hydrogen (secondary N) is 1. The number of carbonyl (C=O) groups is 1. The number of hydrogen-bond donors (Lipinski definition) is 1. The van der Waals surface area contributed by atoms with Gasteiger partial charge in [0.1, 0.15) is 11.5 Å². The molecule has 8 heteroatoms. The van der Waals surface area contributed by atoms with E-state index < -0.39 is 0 Å². The topological polar surface area (TPSA) is 90.6 Å². The maximum absolute atomic E-state index is 12.0. The number of nitrogens with zero attached hydrogens (tertiary/aromatic N) is 4. The van der Waals surface area contributed by atoms with Gasteiger partial charge in [0.05, 0.1) is 13.2 Å². The monoisotopic (exact) mass is 355 g/mol. The molecule has 0 saturated carbocycles. The third-order valence-electron chi connectivity index (χ3n) is 3.71. The van der Waals surface area contributed by atoms with Crippen molar-refractivity contribution in [1.82, 2.24) is 24.9 Å². The SMILES string of the molecule is CCOc1ccc(OCC(=O)NCc2nnc3nc(C)cc(C)n23)cc1. The summed E-state index contributed by atoms with van der Waals surface area (Å²) < 4.78 is 12.7. The predicted molar refractivity (Wildman–Crippen MR) is 95.2 cm³/mol. The van der Waals surface area contributed by atoms with Crippen molar-refractivity contribution in [2.24, 2.45) is 0 Å². The first-order chi connectivity index (χ1) is 12.6. The number of carbonyl (C=O) groups excluding carboxylic acids is 1. The van der Waals surface area contributed by atoms with Crippen molar-refractivity contribution < 1.29 is 14.3 Å². The van der Waals surface area contributed by atoms with Gasteiger partial charge in [0, 0.05) is 11.4 Å². The minimum absolute atomic E-state index is 0.0823. The van der Waals surface area contributed by atoms with E-state index in [1.165, 1.54) is 0 Å². The molecule has 0 spiro atoms. The van der Waals surface area contributed by atoms with Crippen molar-refractivity contribution in [2.45, 2.75) is 27.3 Å². The second-order valence-electron chi connectivity index (χ2n) is 5.76. The lowest BCUT2D eigenvalue weighted by atomic mass is 10.3. The normalized spacial score (nSPS) is 10.7. The molecule has 0 radical (unpaired) electrons. The van der Waals surface area contributed by atoms with Gasteiger partial charge in [-0.05, 0) is 51.1 Å². The molecule has 2 heterocycles. The molecule has 0 unspecified atom stereocenters. The Morgan fingerprint density at radius 1 is 1.12 bits per heavy atom. The van der Waals surface area contributed by atoms with Crippen LogP contribution in [0.5, 0.6) is 11.5 Å². The zero-order valence-electron chi connectivity index (χ0n) is 15.0. The molecule has 0 aliphatic heterocycles. The van der Waals surface area contributed by atoms with E-state index in [1.807, 2.05) is 31.2 Å². The number of aryl methyl sites for hydroxylation is 2. The van der Waals surface area contributed by atoms with Crippen LogP contribution in [0.15, 0.2) is 30.3 Å². The second kappa shape index (κ2) is 7.81. The summed E-state index contributed by atoms with van der Waals surface area (Å²) in [6, 6.07) is 9.08. The molecule has 1 amide bonds. The fraction of sp³-hybridized carbons (Fsp3) is 0.333. The second-order valence-corrected chi connectivity index (χ2v) is 5.76. The van der Waals surface area contributed by atoms with Crippen molar-refractivity contribution in [3.05, 3.63) is 47.5 Å². The third kappa shape index (κ3) is 4.08. The first kappa shape index (κ1) is 17.7. The van der Waals surface area contributed by atoms with E-state index in [0.717, 1.165) is 17.1 Å². The molecule has 0 bridgehead atoms. The Morgan fingerprint density at radius 2 is 1.81 bits per heavy atom. The summed E-state index contributed by atoms with van der Waals surface area (Å²) in [5, 5.41) is 10.9. The Kier molecular flexibility index (Phi) is 5.31. The molecule has 1 aromatic carbocycles. The summed E-state index contributed by atoms with van der Waals surface area (Å²) in [6.07, 6.45) is 0. The van der Waals surface area contributed by atoms with Crippen LogP contribution in [-0.2, 0) is 11.3 Å². The van der Waals surface area contributed by atoms with Gasteiger partial charge < -0.3 is 14.8 Å². The van der Waals surface area contributed by atoms with Gasteiger partial charge in [0.25, 0.3) is 11.7 Å². The number of hydrogen-bond acceptors (Lipinski definition) is 6. The Hall–Kier alpha value is -3.16. The van der Waals surface area contributed by atoms with Crippen LogP contribution in [0.1, 0.15) is 24.1 Å². The maximum Gasteiger partial charge on any atom is 0.258 e. The van der Waals surface area contributed by atoms with Gasteiger partial charge in [-0.2, -0.15) is 0 Å². The van der Waals surface area contributed by atoms with Crippen LogP contribution in [0.3, 0.4) is 0 Å². The van der Waals surface area contributed by atoms with Crippen LogP contribution in [0.4, 0.5) is 0 Å². The number of fused-ring (bicyclic) bond motifs is 1. The van der Waals surface area contributed by atoms with E-state index in [9.17, 15) is 4.79 Å². The van der Waals surface area contributed by atoms with Gasteiger partial charge in [-0.25, -0.2) is 4.98 Å². The summed E-state index contributed by atoms with van der Waals surface area (Å²) in [5.74, 6) is 2.28. The summed E-state index contributed by atoms with van der Waals surface area (Å²) in [6.45, 7) is 6.55. The largest absolute Gasteiger partial charge is 0.494 e. The highest BCUT2D eigenvalue weighted by atomic mass is 16.5. The molecule has 2 aromatic heterocycles. The van der Waals surface area contributed by atoms with Crippen LogP contribution in [0, 0.1) is 13.8 Å². The highest BCUT2D eigenvalue weighted by Gasteiger charge is 2.11. The number of benzene rings is 1. The molecular weight excluding hydrogens is 334 g/mol. The van der Waals surface area contributed by atoms with Crippen molar-refractivity contribution in [3.8, 4) is 11.5 Å². The summed E-state index contributed by atoms with van der Waals surface area (Å²) in [4.78, 5) is 16.3. The Labute approximate surface area is 151 Å². The quantitative estimate of drug-likeness (QED) is 0.695. The molecule has 26 heavy (non-hydrogen) atoms. The zero-order chi connectivity index (χ0) is 18.5. The smallest absolute Gasteiger partial charge is 0.258 e. The lowest BCUT2D eigenvalue weighted by molar-refractivity contribution is -0.123. The molecule has 136 valence electrons. The first-order valence-corrected chi connectivity index (χ1v) is 8.37. The average Bonchev–Trinajstić information content (AvgIpc) is 3.02. The number of aromatic nitrogens is 4. The fourth-order valence-corrected chi connectivity index (χ4v) is 2.59. The van der Waals surface area contributed by atoms with Crippen LogP contribution < -0.4 is 14.8 Å². The van der Waals surface area contributed by atoms with Gasteiger partial charge in [-0.1, -0.05) is 0 Å². The van der Waals surface area contributed by atoms with Crippen molar-refractivity contribution in [1.29, 1.82) is 0 Å². The standard InChI is InChI=1S/C18H21N5O3/c1-4-25-14-5-7-15(8-6-14)26-11-17(24)19-10-16-21-22-18-20-12(2)9-13(3)23(16)18/h5-9H,4,10-11H2,1-3H3,(H,19,24). The number of amides is 1. The number of ether oxygens (including phenoxy) is 2. The van der Waals surface area contributed by atoms with Crippen molar-refractivity contribution in [3.63, 3.8) is 0 Å². The summed E-state index contributed by atoms with van der Waals surface area (Å²) in [7, 11) is 0. The Morgan fingerprint density at radius 3 is 2.50 bits per heavy atom. The molecule has 0 aliphatic rings. The van der Waals surface area contributed by atoms with E-state index in [0.29, 0.717) is 24.0 Å². The average molecular weight is 355 g/mol. The molecule has 0 fully saturated rings. The van der Waals surface area contributed by atoms with E-state index in [1.54, 1.807) is 24.3 Å². The third-order valence-corrected chi connectivity index (χ3v) is 3.71. The van der Waals surface area contributed by atoms with Crippen LogP contribution >= 0.6 is 0 Å². The Bertz CT molecular complexity index is 905. The first-order valence-electron chi connectivity index (χ1n) is 8.37. The molecule has 3 rings (SSSR count). The van der Waals surface area contributed by atoms with Gasteiger partial charge >= 0.3 is 0 Å². The van der Waals surface area contributed by atoms with Gasteiger partial charge in [0.2, 0.25) is 0 Å². The maximum atomic E-state index is 12.0. The molecule has 3 aromatic rings. The van der Waals surface area contributed by atoms with Crippen LogP contribution in [0.2, 0.25) is 0 Å². The van der Waals surface area contributed by atoms with Gasteiger partial charge in [-0.3, -0.25) is 9.20 Å².